The average Bonchev–Trinajstić information content (AvgIpc) is 2.50. The van der Waals surface area contributed by atoms with Crippen LogP contribution >= 0.6 is 22.3 Å². The Labute approximate surface area is 98.0 Å². The molecule has 0 fully saturated rings. The summed E-state index contributed by atoms with van der Waals surface area (Å²) in [7, 11) is 1.17. The third-order valence-corrected chi connectivity index (χ3v) is 3.84. The third kappa shape index (κ3) is 2.65. The molecule has 15 heavy (non-hydrogen) atoms. The first-order valence-electron chi connectivity index (χ1n) is 4.51. The van der Waals surface area contributed by atoms with E-state index in [2.05, 4.69) is 9.68 Å². The Morgan fingerprint density at radius 1 is 1.40 bits per heavy atom. The van der Waals surface area contributed by atoms with E-state index in [1.165, 1.54) is 0 Å². The van der Waals surface area contributed by atoms with Crippen LogP contribution in [0.3, 0.4) is 0 Å². The summed E-state index contributed by atoms with van der Waals surface area (Å²) in [6.45, 7) is 3.93. The van der Waals surface area contributed by atoms with Gasteiger partial charge in [0.15, 0.2) is 0 Å². The van der Waals surface area contributed by atoms with E-state index in [4.69, 9.17) is 22.3 Å². The summed E-state index contributed by atoms with van der Waals surface area (Å²) >= 11 is 5.84. The molecule has 0 aliphatic rings. The van der Waals surface area contributed by atoms with Crippen molar-refractivity contribution in [3.05, 3.63) is 10.7 Å². The zero-order valence-electron chi connectivity index (χ0n) is 8.33. The van der Waals surface area contributed by atoms with Crippen LogP contribution in [0.15, 0.2) is 9.62 Å². The van der Waals surface area contributed by atoms with Gasteiger partial charge in [0.05, 0.1) is 0 Å². The van der Waals surface area contributed by atoms with Crippen LogP contribution in [0.1, 0.15) is 38.3 Å². The normalized spacial score (nSPS) is 12.3. The molecule has 0 saturated heterocycles. The summed E-state index contributed by atoms with van der Waals surface area (Å²) in [5.74, 6) is 0.0911. The lowest BCUT2D eigenvalue weighted by atomic mass is 10.00. The highest BCUT2D eigenvalue weighted by atomic mass is 35.7. The number of halogens is 2. The summed E-state index contributed by atoms with van der Waals surface area (Å²) < 4.78 is 26.7. The number of hydrogen-bond donors (Lipinski definition) is 0. The van der Waals surface area contributed by atoms with Crippen LogP contribution in [0.4, 0.5) is 0 Å². The minimum atomic E-state index is -3.95. The second-order valence-corrected chi connectivity index (χ2v) is 5.96. The van der Waals surface area contributed by atoms with Gasteiger partial charge in [-0.25, -0.2) is 8.42 Å². The fourth-order valence-electron chi connectivity index (χ4n) is 1.36. The molecule has 0 unspecified atom stereocenters. The van der Waals surface area contributed by atoms with Gasteiger partial charge in [-0.15, -0.1) is 0 Å². The van der Waals surface area contributed by atoms with Crippen molar-refractivity contribution in [1.82, 2.24) is 5.16 Å². The van der Waals surface area contributed by atoms with Crippen LogP contribution in [0, 0.1) is 0 Å². The lowest BCUT2D eigenvalue weighted by Gasteiger charge is -2.07. The molecule has 0 N–H and O–H groups in total. The molecular formula is C8H11Cl2NO3S. The molecule has 0 aliphatic heterocycles. The van der Waals surface area contributed by atoms with Crippen LogP contribution in [-0.4, -0.2) is 13.6 Å². The molecule has 4 nitrogen and oxygen atoms in total. The monoisotopic (exact) mass is 271 g/mol. The molecule has 1 aromatic rings. The van der Waals surface area contributed by atoms with Crippen LogP contribution < -0.4 is 0 Å². The third-order valence-electron chi connectivity index (χ3n) is 2.22. The Morgan fingerprint density at radius 2 is 1.93 bits per heavy atom. The van der Waals surface area contributed by atoms with Gasteiger partial charge >= 0.3 is 0 Å². The van der Waals surface area contributed by atoms with Gasteiger partial charge in [-0.05, 0) is 12.8 Å². The minimum absolute atomic E-state index is 0.00120. The van der Waals surface area contributed by atoms with Crippen molar-refractivity contribution in [3.63, 3.8) is 0 Å². The second-order valence-electron chi connectivity index (χ2n) is 3.12. The minimum Gasteiger partial charge on any atom is -0.341 e. The van der Waals surface area contributed by atoms with E-state index < -0.39 is 14.1 Å². The standard InChI is InChI=1S/C8H11Cl2NO3S/c1-3-5(4-2)7-6(9)8(14-11-7)15(10,12)13/h5H,3-4H2,1-2H3. The van der Waals surface area contributed by atoms with Gasteiger partial charge in [0.2, 0.25) is 0 Å². The van der Waals surface area contributed by atoms with Crippen molar-refractivity contribution in [1.29, 1.82) is 0 Å². The largest absolute Gasteiger partial charge is 0.341 e. The number of nitrogens with zero attached hydrogens (tertiary/aromatic N) is 1. The molecule has 0 aliphatic carbocycles. The molecule has 1 rings (SSSR count). The molecule has 0 spiro atoms. The zero-order valence-corrected chi connectivity index (χ0v) is 10.7. The Hall–Kier alpha value is -0.260. The molecule has 0 bridgehead atoms. The fourth-order valence-corrected chi connectivity index (χ4v) is 2.76. The molecule has 0 amide bonds. The van der Waals surface area contributed by atoms with Crippen LogP contribution in [0.2, 0.25) is 5.02 Å². The van der Waals surface area contributed by atoms with Gasteiger partial charge in [0.25, 0.3) is 14.1 Å². The van der Waals surface area contributed by atoms with E-state index in [1.807, 2.05) is 13.8 Å². The maximum absolute atomic E-state index is 11.0. The molecule has 0 radical (unpaired) electrons. The zero-order chi connectivity index (χ0) is 11.6. The van der Waals surface area contributed by atoms with Crippen LogP contribution in [0.25, 0.3) is 0 Å². The van der Waals surface area contributed by atoms with Gasteiger partial charge < -0.3 is 4.52 Å². The Bertz CT molecular complexity index is 437. The van der Waals surface area contributed by atoms with Gasteiger partial charge in [-0.2, -0.15) is 0 Å². The van der Waals surface area contributed by atoms with Crippen molar-refractivity contribution in [2.75, 3.05) is 0 Å². The van der Waals surface area contributed by atoms with Crippen LogP contribution in [-0.2, 0) is 9.05 Å². The van der Waals surface area contributed by atoms with Crippen LogP contribution in [0.5, 0.6) is 0 Å². The van der Waals surface area contributed by atoms with Gasteiger partial charge in [0.1, 0.15) is 10.7 Å². The van der Waals surface area contributed by atoms with E-state index in [0.29, 0.717) is 5.69 Å². The van der Waals surface area contributed by atoms with E-state index in [9.17, 15) is 8.42 Å². The molecule has 0 saturated carbocycles. The first-order chi connectivity index (χ1) is 6.91. The summed E-state index contributed by atoms with van der Waals surface area (Å²) in [6.07, 6.45) is 1.62. The molecule has 1 aromatic heterocycles. The van der Waals surface area contributed by atoms with Gasteiger partial charge in [-0.3, -0.25) is 0 Å². The second kappa shape index (κ2) is 4.72. The summed E-state index contributed by atoms with van der Waals surface area (Å²) in [5, 5.41) is 3.19. The Morgan fingerprint density at radius 3 is 2.27 bits per heavy atom. The van der Waals surface area contributed by atoms with E-state index in [0.717, 1.165) is 12.8 Å². The number of rotatable bonds is 4. The Kier molecular flexibility index (Phi) is 4.03. The molecule has 7 heteroatoms. The quantitative estimate of drug-likeness (QED) is 0.790. The van der Waals surface area contributed by atoms with E-state index >= 15 is 0 Å². The molecule has 0 atom stereocenters. The van der Waals surface area contributed by atoms with Gasteiger partial charge in [0, 0.05) is 16.6 Å². The fraction of sp³-hybridized carbons (Fsp3) is 0.625. The lowest BCUT2D eigenvalue weighted by Crippen LogP contribution is -1.96. The first kappa shape index (κ1) is 12.8. The van der Waals surface area contributed by atoms with Crippen molar-refractivity contribution >= 4 is 31.3 Å². The molecule has 1 heterocycles. The highest BCUT2D eigenvalue weighted by Gasteiger charge is 2.27. The van der Waals surface area contributed by atoms with Crippen molar-refractivity contribution in [3.8, 4) is 0 Å². The smallest absolute Gasteiger partial charge is 0.298 e. The maximum atomic E-state index is 11.0. The molecule has 86 valence electrons. The van der Waals surface area contributed by atoms with E-state index in [-0.39, 0.29) is 10.9 Å². The van der Waals surface area contributed by atoms with E-state index in [1.54, 1.807) is 0 Å². The van der Waals surface area contributed by atoms with Crippen molar-refractivity contribution < 1.29 is 12.9 Å². The first-order valence-corrected chi connectivity index (χ1v) is 7.20. The van der Waals surface area contributed by atoms with Crippen molar-refractivity contribution in [2.24, 2.45) is 0 Å². The summed E-state index contributed by atoms with van der Waals surface area (Å²) in [5.41, 5.74) is 0.459. The van der Waals surface area contributed by atoms with Gasteiger partial charge in [-0.1, -0.05) is 30.6 Å². The Balaban J connectivity index is 3.20. The lowest BCUT2D eigenvalue weighted by molar-refractivity contribution is 0.332. The topological polar surface area (TPSA) is 60.2 Å². The predicted octanol–water partition coefficient (Wildman–Crippen LogP) is 3.16. The average molecular weight is 272 g/mol. The number of aromatic nitrogens is 1. The molecular weight excluding hydrogens is 261 g/mol. The predicted molar refractivity (Wildman–Crippen MR) is 57.9 cm³/mol. The number of hydrogen-bond acceptors (Lipinski definition) is 4. The highest BCUT2D eigenvalue weighted by Crippen LogP contribution is 2.34. The summed E-state index contributed by atoms with van der Waals surface area (Å²) in [4.78, 5) is 0. The maximum Gasteiger partial charge on any atom is 0.298 e. The molecule has 0 aromatic carbocycles. The van der Waals surface area contributed by atoms with Crippen molar-refractivity contribution in [2.45, 2.75) is 37.7 Å². The SMILES string of the molecule is CCC(CC)c1noc(S(=O)(=O)Cl)c1Cl. The summed E-state index contributed by atoms with van der Waals surface area (Å²) in [6, 6.07) is 0. The highest BCUT2D eigenvalue weighted by molar-refractivity contribution is 8.13.